The average Bonchev–Trinajstić information content (AvgIpc) is 2.82. The standard InChI is InChI=1S/C18H26N2O2/c1-18(2)10-13-6-4-7-14(16(13)22-18)11-20-9-5-8-15(12-20)17(21)19-3/h4,6-7,15H,5,8-12H2,1-3H3,(H,19,21). The highest BCUT2D eigenvalue weighted by Gasteiger charge is 2.32. The summed E-state index contributed by atoms with van der Waals surface area (Å²) >= 11 is 0. The number of ether oxygens (including phenoxy) is 1. The van der Waals surface area contributed by atoms with Gasteiger partial charge >= 0.3 is 0 Å². The third-order valence-corrected chi connectivity index (χ3v) is 4.69. The first kappa shape index (κ1) is 15.3. The van der Waals surface area contributed by atoms with Gasteiger partial charge in [-0.1, -0.05) is 18.2 Å². The van der Waals surface area contributed by atoms with Gasteiger partial charge < -0.3 is 10.1 Å². The number of hydrogen-bond donors (Lipinski definition) is 1. The average molecular weight is 302 g/mol. The van der Waals surface area contributed by atoms with Crippen molar-refractivity contribution in [2.75, 3.05) is 20.1 Å². The highest BCUT2D eigenvalue weighted by molar-refractivity contribution is 5.78. The third-order valence-electron chi connectivity index (χ3n) is 4.69. The Hall–Kier alpha value is -1.55. The van der Waals surface area contributed by atoms with E-state index >= 15 is 0 Å². The van der Waals surface area contributed by atoms with Crippen molar-refractivity contribution in [1.82, 2.24) is 10.2 Å². The minimum atomic E-state index is -0.106. The molecule has 4 nitrogen and oxygen atoms in total. The van der Waals surface area contributed by atoms with E-state index in [9.17, 15) is 4.79 Å². The molecule has 0 radical (unpaired) electrons. The number of piperidine rings is 1. The Bertz CT molecular complexity index is 568. The second kappa shape index (κ2) is 5.92. The molecule has 22 heavy (non-hydrogen) atoms. The monoisotopic (exact) mass is 302 g/mol. The van der Waals surface area contributed by atoms with Gasteiger partial charge in [-0.15, -0.1) is 0 Å². The van der Waals surface area contributed by atoms with Crippen molar-refractivity contribution >= 4 is 5.91 Å². The molecule has 1 atom stereocenters. The summed E-state index contributed by atoms with van der Waals surface area (Å²) in [6.07, 6.45) is 3.04. The second-order valence-electron chi connectivity index (χ2n) is 7.13. The first-order chi connectivity index (χ1) is 10.5. The minimum absolute atomic E-state index is 0.106. The lowest BCUT2D eigenvalue weighted by Gasteiger charge is -2.32. The number of nitrogens with zero attached hydrogens (tertiary/aromatic N) is 1. The van der Waals surface area contributed by atoms with Gasteiger partial charge in [-0.25, -0.2) is 0 Å². The number of amides is 1. The minimum Gasteiger partial charge on any atom is -0.487 e. The largest absolute Gasteiger partial charge is 0.487 e. The molecule has 0 bridgehead atoms. The van der Waals surface area contributed by atoms with Gasteiger partial charge in [-0.05, 0) is 38.8 Å². The van der Waals surface area contributed by atoms with Gasteiger partial charge in [0.15, 0.2) is 0 Å². The number of fused-ring (bicyclic) bond motifs is 1. The molecule has 0 saturated carbocycles. The maximum absolute atomic E-state index is 11.9. The summed E-state index contributed by atoms with van der Waals surface area (Å²) in [7, 11) is 1.72. The van der Waals surface area contributed by atoms with E-state index in [1.54, 1.807) is 7.05 Å². The molecule has 1 N–H and O–H groups in total. The lowest BCUT2D eigenvalue weighted by Crippen LogP contribution is -2.41. The first-order valence-corrected chi connectivity index (χ1v) is 8.22. The molecule has 1 unspecified atom stereocenters. The van der Waals surface area contributed by atoms with Crippen molar-refractivity contribution in [3.05, 3.63) is 29.3 Å². The van der Waals surface area contributed by atoms with Crippen LogP contribution < -0.4 is 10.1 Å². The van der Waals surface area contributed by atoms with Gasteiger partial charge in [0.25, 0.3) is 0 Å². The molecule has 2 heterocycles. The van der Waals surface area contributed by atoms with Crippen LogP contribution in [0.25, 0.3) is 0 Å². The molecule has 0 aliphatic carbocycles. The Labute approximate surface area is 132 Å². The van der Waals surface area contributed by atoms with Crippen molar-refractivity contribution in [2.45, 2.75) is 45.3 Å². The normalized spacial score (nSPS) is 23.7. The summed E-state index contributed by atoms with van der Waals surface area (Å²) in [6.45, 7) is 7.04. The van der Waals surface area contributed by atoms with E-state index < -0.39 is 0 Å². The van der Waals surface area contributed by atoms with Crippen LogP contribution >= 0.6 is 0 Å². The second-order valence-corrected chi connectivity index (χ2v) is 7.13. The van der Waals surface area contributed by atoms with Crippen LogP contribution in [0.4, 0.5) is 0 Å². The van der Waals surface area contributed by atoms with Crippen molar-refractivity contribution in [3.63, 3.8) is 0 Å². The Morgan fingerprint density at radius 1 is 1.45 bits per heavy atom. The summed E-state index contributed by atoms with van der Waals surface area (Å²) in [4.78, 5) is 14.3. The van der Waals surface area contributed by atoms with Crippen LogP contribution in [-0.4, -0.2) is 36.5 Å². The van der Waals surface area contributed by atoms with Crippen LogP contribution in [0.1, 0.15) is 37.8 Å². The van der Waals surface area contributed by atoms with E-state index in [2.05, 4.69) is 42.3 Å². The Balaban J connectivity index is 1.72. The van der Waals surface area contributed by atoms with Crippen LogP contribution in [0.3, 0.4) is 0 Å². The zero-order valence-corrected chi connectivity index (χ0v) is 13.8. The summed E-state index contributed by atoms with van der Waals surface area (Å²) in [5.41, 5.74) is 2.45. The molecule has 3 rings (SSSR count). The number of nitrogens with one attached hydrogen (secondary N) is 1. The zero-order chi connectivity index (χ0) is 15.7. The molecule has 120 valence electrons. The molecule has 0 aromatic heterocycles. The maximum atomic E-state index is 11.9. The van der Waals surface area contributed by atoms with Crippen molar-refractivity contribution in [2.24, 2.45) is 5.92 Å². The molecule has 1 aromatic carbocycles. The summed E-state index contributed by atoms with van der Waals surface area (Å²) < 4.78 is 6.16. The highest BCUT2D eigenvalue weighted by Crippen LogP contribution is 2.38. The molecule has 1 saturated heterocycles. The maximum Gasteiger partial charge on any atom is 0.224 e. The molecule has 1 amide bonds. The lowest BCUT2D eigenvalue weighted by atomic mass is 9.96. The molecule has 1 fully saturated rings. The number of hydrogen-bond acceptors (Lipinski definition) is 3. The van der Waals surface area contributed by atoms with Crippen LogP contribution in [0.15, 0.2) is 18.2 Å². The molecular weight excluding hydrogens is 276 g/mol. The Kier molecular flexibility index (Phi) is 4.13. The van der Waals surface area contributed by atoms with Gasteiger partial charge in [0, 0.05) is 32.1 Å². The van der Waals surface area contributed by atoms with Crippen LogP contribution in [0, 0.1) is 5.92 Å². The van der Waals surface area contributed by atoms with Crippen molar-refractivity contribution < 1.29 is 9.53 Å². The summed E-state index contributed by atoms with van der Waals surface area (Å²) in [6, 6.07) is 6.44. The number of carbonyl (C=O) groups is 1. The fourth-order valence-electron chi connectivity index (χ4n) is 3.66. The smallest absolute Gasteiger partial charge is 0.224 e. The summed E-state index contributed by atoms with van der Waals surface area (Å²) in [5.74, 6) is 1.35. The van der Waals surface area contributed by atoms with E-state index in [4.69, 9.17) is 4.74 Å². The van der Waals surface area contributed by atoms with E-state index in [0.29, 0.717) is 0 Å². The van der Waals surface area contributed by atoms with E-state index in [1.807, 2.05) is 0 Å². The molecular formula is C18H26N2O2. The molecule has 0 spiro atoms. The summed E-state index contributed by atoms with van der Waals surface area (Å²) in [5, 5.41) is 2.78. The van der Waals surface area contributed by atoms with Crippen molar-refractivity contribution in [3.8, 4) is 5.75 Å². The zero-order valence-electron chi connectivity index (χ0n) is 13.8. The van der Waals surface area contributed by atoms with E-state index in [0.717, 1.165) is 44.6 Å². The first-order valence-electron chi connectivity index (χ1n) is 8.22. The SMILES string of the molecule is CNC(=O)C1CCCN(Cc2cccc3c2OC(C)(C)C3)C1. The van der Waals surface area contributed by atoms with E-state index in [1.165, 1.54) is 11.1 Å². The number of likely N-dealkylation sites (tertiary alicyclic amines) is 1. The molecule has 1 aromatic rings. The number of para-hydroxylation sites is 1. The van der Waals surface area contributed by atoms with E-state index in [-0.39, 0.29) is 17.4 Å². The van der Waals surface area contributed by atoms with Gasteiger partial charge in [0.1, 0.15) is 11.4 Å². The Morgan fingerprint density at radius 3 is 3.05 bits per heavy atom. The van der Waals surface area contributed by atoms with Crippen LogP contribution in [0.2, 0.25) is 0 Å². The van der Waals surface area contributed by atoms with Gasteiger partial charge in [0.05, 0.1) is 5.92 Å². The van der Waals surface area contributed by atoms with Crippen molar-refractivity contribution in [1.29, 1.82) is 0 Å². The van der Waals surface area contributed by atoms with Crippen LogP contribution in [-0.2, 0) is 17.8 Å². The van der Waals surface area contributed by atoms with Crippen LogP contribution in [0.5, 0.6) is 5.75 Å². The predicted molar refractivity (Wildman–Crippen MR) is 86.9 cm³/mol. The number of benzene rings is 1. The molecule has 2 aliphatic rings. The molecule has 4 heteroatoms. The number of rotatable bonds is 3. The number of carbonyl (C=O) groups excluding carboxylic acids is 1. The van der Waals surface area contributed by atoms with Gasteiger partial charge in [-0.3, -0.25) is 9.69 Å². The van der Waals surface area contributed by atoms with Gasteiger partial charge in [0.2, 0.25) is 5.91 Å². The fourth-order valence-corrected chi connectivity index (χ4v) is 3.66. The fraction of sp³-hybridized carbons (Fsp3) is 0.611. The third kappa shape index (κ3) is 3.12. The topological polar surface area (TPSA) is 41.6 Å². The quantitative estimate of drug-likeness (QED) is 0.932. The predicted octanol–water partition coefficient (Wildman–Crippen LogP) is 2.36. The van der Waals surface area contributed by atoms with Gasteiger partial charge in [-0.2, -0.15) is 0 Å². The highest BCUT2D eigenvalue weighted by atomic mass is 16.5. The lowest BCUT2D eigenvalue weighted by molar-refractivity contribution is -0.126. The Morgan fingerprint density at radius 2 is 2.27 bits per heavy atom. The molecule has 2 aliphatic heterocycles.